The maximum atomic E-state index is 5.65. The summed E-state index contributed by atoms with van der Waals surface area (Å²) in [5.41, 5.74) is 7.18. The molecule has 1 unspecified atom stereocenters. The number of benzene rings is 2. The second-order valence-corrected chi connectivity index (χ2v) is 5.47. The molecule has 1 N–H and O–H groups in total. The summed E-state index contributed by atoms with van der Waals surface area (Å²) >= 11 is 0. The SMILES string of the molecule is COc1ccc2c(c1)CC(NOCc1ccccc1)CC2. The van der Waals surface area contributed by atoms with Gasteiger partial charge < -0.3 is 4.74 Å². The van der Waals surface area contributed by atoms with Crippen molar-refractivity contribution < 1.29 is 9.57 Å². The fraction of sp³-hybridized carbons (Fsp3) is 0.333. The van der Waals surface area contributed by atoms with Crippen molar-refractivity contribution in [1.29, 1.82) is 0 Å². The van der Waals surface area contributed by atoms with Crippen LogP contribution in [0.3, 0.4) is 0 Å². The van der Waals surface area contributed by atoms with Crippen LogP contribution in [0.1, 0.15) is 23.1 Å². The minimum Gasteiger partial charge on any atom is -0.497 e. The molecule has 0 bridgehead atoms. The van der Waals surface area contributed by atoms with Crippen LogP contribution in [0, 0.1) is 0 Å². The van der Waals surface area contributed by atoms with E-state index in [0.717, 1.165) is 25.0 Å². The Morgan fingerprint density at radius 2 is 1.95 bits per heavy atom. The largest absolute Gasteiger partial charge is 0.497 e. The van der Waals surface area contributed by atoms with E-state index in [2.05, 4.69) is 29.7 Å². The zero-order valence-electron chi connectivity index (χ0n) is 12.3. The van der Waals surface area contributed by atoms with E-state index in [0.29, 0.717) is 12.6 Å². The predicted molar refractivity (Wildman–Crippen MR) is 83.2 cm³/mol. The fourth-order valence-electron chi connectivity index (χ4n) is 2.78. The molecule has 0 aliphatic heterocycles. The fourth-order valence-corrected chi connectivity index (χ4v) is 2.78. The number of methoxy groups -OCH3 is 1. The molecule has 0 fully saturated rings. The molecule has 0 spiro atoms. The Bertz CT molecular complexity index is 583. The summed E-state index contributed by atoms with van der Waals surface area (Å²) in [6.45, 7) is 0.600. The number of nitrogens with one attached hydrogen (secondary N) is 1. The lowest BCUT2D eigenvalue weighted by atomic mass is 9.88. The van der Waals surface area contributed by atoms with Crippen LogP contribution in [-0.4, -0.2) is 13.2 Å². The van der Waals surface area contributed by atoms with E-state index in [-0.39, 0.29) is 0 Å². The van der Waals surface area contributed by atoms with Crippen molar-refractivity contribution in [2.75, 3.05) is 7.11 Å². The summed E-state index contributed by atoms with van der Waals surface area (Å²) in [7, 11) is 1.71. The Hall–Kier alpha value is -1.84. The van der Waals surface area contributed by atoms with Crippen molar-refractivity contribution in [1.82, 2.24) is 5.48 Å². The molecule has 0 radical (unpaired) electrons. The molecular formula is C18H21NO2. The molecule has 0 amide bonds. The summed E-state index contributed by atoms with van der Waals surface area (Å²) in [4.78, 5) is 5.65. The lowest BCUT2D eigenvalue weighted by Gasteiger charge is -2.25. The van der Waals surface area contributed by atoms with Crippen molar-refractivity contribution in [3.05, 3.63) is 65.2 Å². The van der Waals surface area contributed by atoms with Gasteiger partial charge >= 0.3 is 0 Å². The van der Waals surface area contributed by atoms with Gasteiger partial charge in [0.1, 0.15) is 5.75 Å². The Balaban J connectivity index is 1.54. The maximum absolute atomic E-state index is 5.65. The number of fused-ring (bicyclic) bond motifs is 1. The standard InChI is InChI=1S/C18H21NO2/c1-20-18-10-8-15-7-9-17(11-16(15)12-18)19-21-13-14-5-3-2-4-6-14/h2-6,8,10,12,17,19H,7,9,11,13H2,1H3. The molecule has 1 aliphatic carbocycles. The minimum atomic E-state index is 0.369. The molecule has 2 aromatic rings. The molecule has 0 saturated heterocycles. The van der Waals surface area contributed by atoms with Gasteiger partial charge in [0, 0.05) is 6.04 Å². The second-order valence-electron chi connectivity index (χ2n) is 5.47. The summed E-state index contributed by atoms with van der Waals surface area (Å²) in [6, 6.07) is 16.9. The molecule has 110 valence electrons. The first kappa shape index (κ1) is 14.1. The Labute approximate surface area is 125 Å². The lowest BCUT2D eigenvalue weighted by Crippen LogP contribution is -2.34. The molecule has 3 nitrogen and oxygen atoms in total. The van der Waals surface area contributed by atoms with Crippen molar-refractivity contribution >= 4 is 0 Å². The quantitative estimate of drug-likeness (QED) is 0.854. The van der Waals surface area contributed by atoms with Crippen LogP contribution in [0.2, 0.25) is 0 Å². The number of hydrogen-bond acceptors (Lipinski definition) is 3. The smallest absolute Gasteiger partial charge is 0.119 e. The summed E-state index contributed by atoms with van der Waals surface area (Å²) in [5.74, 6) is 0.930. The molecule has 3 heteroatoms. The van der Waals surface area contributed by atoms with Crippen LogP contribution in [-0.2, 0) is 24.3 Å². The molecule has 21 heavy (non-hydrogen) atoms. The van der Waals surface area contributed by atoms with E-state index in [1.165, 1.54) is 16.7 Å². The minimum absolute atomic E-state index is 0.369. The average molecular weight is 283 g/mol. The van der Waals surface area contributed by atoms with Gasteiger partial charge in [-0.1, -0.05) is 36.4 Å². The van der Waals surface area contributed by atoms with Crippen LogP contribution in [0.4, 0.5) is 0 Å². The zero-order chi connectivity index (χ0) is 14.5. The Morgan fingerprint density at radius 1 is 1.10 bits per heavy atom. The first-order chi connectivity index (χ1) is 10.3. The molecule has 0 heterocycles. The third kappa shape index (κ3) is 3.63. The Kier molecular flexibility index (Phi) is 4.53. The van der Waals surface area contributed by atoms with Gasteiger partial charge in [0.2, 0.25) is 0 Å². The third-order valence-corrected chi connectivity index (χ3v) is 3.97. The highest BCUT2D eigenvalue weighted by atomic mass is 16.6. The van der Waals surface area contributed by atoms with E-state index >= 15 is 0 Å². The average Bonchev–Trinajstić information content (AvgIpc) is 2.55. The molecule has 0 saturated carbocycles. The van der Waals surface area contributed by atoms with Gasteiger partial charge in [-0.05, 0) is 48.1 Å². The van der Waals surface area contributed by atoms with Crippen LogP contribution >= 0.6 is 0 Å². The van der Waals surface area contributed by atoms with Gasteiger partial charge in [-0.2, -0.15) is 5.48 Å². The first-order valence-electron chi connectivity index (χ1n) is 7.42. The number of rotatable bonds is 5. The zero-order valence-corrected chi connectivity index (χ0v) is 12.3. The monoisotopic (exact) mass is 283 g/mol. The lowest BCUT2D eigenvalue weighted by molar-refractivity contribution is 0.000595. The third-order valence-electron chi connectivity index (χ3n) is 3.97. The number of hydrogen-bond donors (Lipinski definition) is 1. The van der Waals surface area contributed by atoms with E-state index in [4.69, 9.17) is 9.57 Å². The van der Waals surface area contributed by atoms with E-state index in [1.807, 2.05) is 24.3 Å². The topological polar surface area (TPSA) is 30.5 Å². The normalized spacial score (nSPS) is 17.3. The number of aryl methyl sites for hydroxylation is 1. The molecule has 1 aliphatic rings. The van der Waals surface area contributed by atoms with E-state index in [9.17, 15) is 0 Å². The van der Waals surface area contributed by atoms with Crippen LogP contribution in [0.25, 0.3) is 0 Å². The van der Waals surface area contributed by atoms with Crippen LogP contribution < -0.4 is 10.2 Å². The van der Waals surface area contributed by atoms with Crippen LogP contribution in [0.5, 0.6) is 5.75 Å². The van der Waals surface area contributed by atoms with E-state index in [1.54, 1.807) is 7.11 Å². The van der Waals surface area contributed by atoms with Gasteiger partial charge in [0.05, 0.1) is 13.7 Å². The van der Waals surface area contributed by atoms with Crippen molar-refractivity contribution in [2.24, 2.45) is 0 Å². The van der Waals surface area contributed by atoms with Gasteiger partial charge in [-0.3, -0.25) is 4.84 Å². The van der Waals surface area contributed by atoms with Crippen molar-refractivity contribution in [3.63, 3.8) is 0 Å². The summed E-state index contributed by atoms with van der Waals surface area (Å²) in [5, 5.41) is 0. The first-order valence-corrected chi connectivity index (χ1v) is 7.42. The van der Waals surface area contributed by atoms with Gasteiger partial charge in [0.15, 0.2) is 0 Å². The molecule has 1 atom stereocenters. The molecular weight excluding hydrogens is 262 g/mol. The highest BCUT2D eigenvalue weighted by Gasteiger charge is 2.19. The van der Waals surface area contributed by atoms with Crippen LogP contribution in [0.15, 0.2) is 48.5 Å². The highest BCUT2D eigenvalue weighted by molar-refractivity contribution is 5.37. The highest BCUT2D eigenvalue weighted by Crippen LogP contribution is 2.25. The van der Waals surface area contributed by atoms with Gasteiger partial charge in [-0.15, -0.1) is 0 Å². The summed E-state index contributed by atoms with van der Waals surface area (Å²) < 4.78 is 5.30. The maximum Gasteiger partial charge on any atom is 0.119 e. The van der Waals surface area contributed by atoms with Crippen molar-refractivity contribution in [3.8, 4) is 5.75 Å². The number of hydroxylamine groups is 1. The second kappa shape index (κ2) is 6.74. The Morgan fingerprint density at radius 3 is 2.76 bits per heavy atom. The van der Waals surface area contributed by atoms with E-state index < -0.39 is 0 Å². The van der Waals surface area contributed by atoms with Gasteiger partial charge in [0.25, 0.3) is 0 Å². The van der Waals surface area contributed by atoms with Crippen molar-refractivity contribution in [2.45, 2.75) is 31.9 Å². The summed E-state index contributed by atoms with van der Waals surface area (Å²) in [6.07, 6.45) is 3.18. The number of ether oxygens (including phenoxy) is 1. The molecule has 0 aromatic heterocycles. The van der Waals surface area contributed by atoms with Gasteiger partial charge in [-0.25, -0.2) is 0 Å². The molecule has 2 aromatic carbocycles. The molecule has 3 rings (SSSR count). The predicted octanol–water partition coefficient (Wildman–Crippen LogP) is 3.27.